The molecule has 0 aliphatic heterocycles. The third-order valence-electron chi connectivity index (χ3n) is 3.32. The lowest BCUT2D eigenvalue weighted by Crippen LogP contribution is -2.11. The third kappa shape index (κ3) is 4.35. The fourth-order valence-electron chi connectivity index (χ4n) is 2.25. The second kappa shape index (κ2) is 7.28. The van der Waals surface area contributed by atoms with Crippen molar-refractivity contribution < 1.29 is 0 Å². The van der Waals surface area contributed by atoms with Gasteiger partial charge in [-0.25, -0.2) is 0 Å². The first kappa shape index (κ1) is 15.6. The van der Waals surface area contributed by atoms with Gasteiger partial charge in [0.2, 0.25) is 0 Å². The molecule has 4 heteroatoms. The second-order valence-corrected chi connectivity index (χ2v) is 6.66. The smallest absolute Gasteiger partial charge is 0.0628 e. The summed E-state index contributed by atoms with van der Waals surface area (Å²) in [7, 11) is 0. The lowest BCUT2D eigenvalue weighted by Gasteiger charge is -2.13. The van der Waals surface area contributed by atoms with Crippen molar-refractivity contribution in [2.45, 2.75) is 32.7 Å². The van der Waals surface area contributed by atoms with Gasteiger partial charge in [-0.3, -0.25) is 4.68 Å². The fraction of sp³-hybridized carbons (Fsp3) is 0.438. The van der Waals surface area contributed by atoms with Crippen molar-refractivity contribution in [1.82, 2.24) is 9.78 Å². The summed E-state index contributed by atoms with van der Waals surface area (Å²) in [6.45, 7) is 4.27. The van der Waals surface area contributed by atoms with Gasteiger partial charge in [-0.05, 0) is 56.4 Å². The Balaban J connectivity index is 2.01. The van der Waals surface area contributed by atoms with Crippen LogP contribution in [0.25, 0.3) is 0 Å². The molecule has 0 aliphatic rings. The van der Waals surface area contributed by atoms with Crippen molar-refractivity contribution in [3.05, 3.63) is 52.3 Å². The van der Waals surface area contributed by atoms with Crippen LogP contribution in [0.5, 0.6) is 0 Å². The predicted octanol–water partition coefficient (Wildman–Crippen LogP) is 4.87. The maximum absolute atomic E-state index is 6.13. The lowest BCUT2D eigenvalue weighted by atomic mass is 9.96. The molecule has 0 spiro atoms. The Bertz CT molecular complexity index is 551. The molecule has 0 fully saturated rings. The SMILES string of the molecule is CC(C)n1ccc(CC(CCl)Cc2cccc(Br)c2)n1. The number of halogens is 2. The summed E-state index contributed by atoms with van der Waals surface area (Å²) in [5, 5.41) is 4.61. The first-order valence-corrected chi connectivity index (χ1v) is 8.25. The Morgan fingerprint density at radius 3 is 2.65 bits per heavy atom. The fourth-order valence-corrected chi connectivity index (χ4v) is 2.91. The van der Waals surface area contributed by atoms with Gasteiger partial charge in [-0.2, -0.15) is 5.10 Å². The summed E-state index contributed by atoms with van der Waals surface area (Å²) in [6.07, 6.45) is 3.96. The Hall–Kier alpha value is -0.800. The van der Waals surface area contributed by atoms with Gasteiger partial charge in [-0.1, -0.05) is 28.1 Å². The van der Waals surface area contributed by atoms with E-state index in [0.717, 1.165) is 23.0 Å². The van der Waals surface area contributed by atoms with Crippen molar-refractivity contribution in [3.8, 4) is 0 Å². The molecule has 0 saturated carbocycles. The Morgan fingerprint density at radius 2 is 2.05 bits per heavy atom. The summed E-state index contributed by atoms with van der Waals surface area (Å²) < 4.78 is 3.12. The number of alkyl halides is 1. The van der Waals surface area contributed by atoms with E-state index in [1.807, 2.05) is 16.9 Å². The number of aromatic nitrogens is 2. The number of hydrogen-bond acceptors (Lipinski definition) is 1. The minimum absolute atomic E-state index is 0.406. The van der Waals surface area contributed by atoms with E-state index in [1.54, 1.807) is 0 Å². The summed E-state index contributed by atoms with van der Waals surface area (Å²) in [5.74, 6) is 1.07. The van der Waals surface area contributed by atoms with Crippen LogP contribution >= 0.6 is 27.5 Å². The van der Waals surface area contributed by atoms with Crippen LogP contribution in [0.1, 0.15) is 31.1 Å². The molecule has 1 heterocycles. The molecule has 2 nitrogen and oxygen atoms in total. The Labute approximate surface area is 134 Å². The van der Waals surface area contributed by atoms with Gasteiger partial charge < -0.3 is 0 Å². The molecule has 20 heavy (non-hydrogen) atoms. The highest BCUT2D eigenvalue weighted by Gasteiger charge is 2.12. The summed E-state index contributed by atoms with van der Waals surface area (Å²) in [5.41, 5.74) is 2.44. The third-order valence-corrected chi connectivity index (χ3v) is 4.25. The van der Waals surface area contributed by atoms with Crippen LogP contribution in [-0.4, -0.2) is 15.7 Å². The molecule has 0 radical (unpaired) electrons. The number of nitrogens with zero attached hydrogens (tertiary/aromatic N) is 2. The van der Waals surface area contributed by atoms with Crippen LogP contribution < -0.4 is 0 Å². The van der Waals surface area contributed by atoms with Crippen molar-refractivity contribution in [3.63, 3.8) is 0 Å². The molecule has 1 aromatic heterocycles. The van der Waals surface area contributed by atoms with Gasteiger partial charge in [0.25, 0.3) is 0 Å². The molecule has 108 valence electrons. The minimum atomic E-state index is 0.406. The Morgan fingerprint density at radius 1 is 1.25 bits per heavy atom. The molecular weight excluding hydrogens is 336 g/mol. The molecule has 0 saturated heterocycles. The zero-order chi connectivity index (χ0) is 14.5. The zero-order valence-corrected chi connectivity index (χ0v) is 14.2. The average Bonchev–Trinajstić information content (AvgIpc) is 2.87. The maximum Gasteiger partial charge on any atom is 0.0628 e. The summed E-state index contributed by atoms with van der Waals surface area (Å²) in [6, 6.07) is 10.9. The molecule has 0 bridgehead atoms. The van der Waals surface area contributed by atoms with Crippen LogP contribution in [-0.2, 0) is 12.8 Å². The van der Waals surface area contributed by atoms with Crippen molar-refractivity contribution in [2.24, 2.45) is 5.92 Å². The molecule has 0 aliphatic carbocycles. The molecule has 2 aromatic rings. The van der Waals surface area contributed by atoms with Crippen LogP contribution in [0.15, 0.2) is 41.0 Å². The molecule has 1 atom stereocenters. The van der Waals surface area contributed by atoms with Gasteiger partial charge in [0, 0.05) is 22.6 Å². The first-order chi connectivity index (χ1) is 9.58. The highest BCUT2D eigenvalue weighted by Crippen LogP contribution is 2.19. The van der Waals surface area contributed by atoms with E-state index < -0.39 is 0 Å². The standard InChI is InChI=1S/C16H20BrClN2/c1-12(2)20-7-6-16(19-20)10-14(11-18)8-13-4-3-5-15(17)9-13/h3-7,9,12,14H,8,10-11H2,1-2H3. The molecule has 1 unspecified atom stereocenters. The Kier molecular flexibility index (Phi) is 5.67. The van der Waals surface area contributed by atoms with Crippen molar-refractivity contribution in [1.29, 1.82) is 0 Å². The van der Waals surface area contributed by atoms with Crippen molar-refractivity contribution >= 4 is 27.5 Å². The van der Waals surface area contributed by atoms with Gasteiger partial charge in [0.1, 0.15) is 0 Å². The number of rotatable bonds is 6. The first-order valence-electron chi connectivity index (χ1n) is 6.93. The molecular formula is C16H20BrClN2. The van der Waals surface area contributed by atoms with Crippen LogP contribution in [0.3, 0.4) is 0 Å². The predicted molar refractivity (Wildman–Crippen MR) is 88.4 cm³/mol. The van der Waals surface area contributed by atoms with Crippen molar-refractivity contribution in [2.75, 3.05) is 5.88 Å². The molecule has 2 rings (SSSR count). The largest absolute Gasteiger partial charge is 0.270 e. The molecule has 0 N–H and O–H groups in total. The van der Waals surface area contributed by atoms with Gasteiger partial charge in [-0.15, -0.1) is 11.6 Å². The zero-order valence-electron chi connectivity index (χ0n) is 11.9. The quantitative estimate of drug-likeness (QED) is 0.676. The van der Waals surface area contributed by atoms with E-state index in [0.29, 0.717) is 17.8 Å². The van der Waals surface area contributed by atoms with Gasteiger partial charge in [0.15, 0.2) is 0 Å². The van der Waals surface area contributed by atoms with E-state index in [1.165, 1.54) is 5.56 Å². The van der Waals surface area contributed by atoms with Crippen LogP contribution in [0.2, 0.25) is 0 Å². The van der Waals surface area contributed by atoms with Gasteiger partial charge in [0.05, 0.1) is 5.69 Å². The normalized spacial score (nSPS) is 12.8. The molecule has 1 aromatic carbocycles. The maximum atomic E-state index is 6.13. The van der Waals surface area contributed by atoms with E-state index in [2.05, 4.69) is 59.1 Å². The highest BCUT2D eigenvalue weighted by atomic mass is 79.9. The minimum Gasteiger partial charge on any atom is -0.270 e. The number of benzene rings is 1. The topological polar surface area (TPSA) is 17.8 Å². The van der Waals surface area contributed by atoms with E-state index in [9.17, 15) is 0 Å². The van der Waals surface area contributed by atoms with E-state index >= 15 is 0 Å². The molecule has 0 amide bonds. The van der Waals surface area contributed by atoms with E-state index in [-0.39, 0.29) is 0 Å². The van der Waals surface area contributed by atoms with Gasteiger partial charge >= 0.3 is 0 Å². The highest BCUT2D eigenvalue weighted by molar-refractivity contribution is 9.10. The average molecular weight is 356 g/mol. The van der Waals surface area contributed by atoms with Crippen LogP contribution in [0.4, 0.5) is 0 Å². The van der Waals surface area contributed by atoms with Crippen LogP contribution in [0, 0.1) is 5.92 Å². The second-order valence-electron chi connectivity index (χ2n) is 5.44. The number of hydrogen-bond donors (Lipinski definition) is 0. The summed E-state index contributed by atoms with van der Waals surface area (Å²) in [4.78, 5) is 0. The monoisotopic (exact) mass is 354 g/mol. The lowest BCUT2D eigenvalue weighted by molar-refractivity contribution is 0.511. The van der Waals surface area contributed by atoms with E-state index in [4.69, 9.17) is 11.6 Å². The summed E-state index contributed by atoms with van der Waals surface area (Å²) >= 11 is 9.64.